The number of aromatic nitrogens is 1. The van der Waals surface area contributed by atoms with Crippen molar-refractivity contribution in [3.05, 3.63) is 23.9 Å². The Morgan fingerprint density at radius 3 is 2.47 bits per heavy atom. The normalized spacial score (nSPS) is 10.4. The minimum absolute atomic E-state index is 0. The molecule has 0 unspecified atom stereocenters. The van der Waals surface area contributed by atoms with Crippen LogP contribution in [0.2, 0.25) is 0 Å². The monoisotopic (exact) mass is 243 g/mol. The fourth-order valence-corrected chi connectivity index (χ4v) is 0.852. The number of nitrogens with zero attached hydrogens (tertiary/aromatic N) is 1. The third-order valence-electron chi connectivity index (χ3n) is 1.50. The van der Waals surface area contributed by atoms with Gasteiger partial charge in [-0.05, 0) is 11.7 Å². The zero-order valence-electron chi connectivity index (χ0n) is 8.21. The van der Waals surface area contributed by atoms with Crippen LogP contribution in [-0.2, 0) is 4.74 Å². The van der Waals surface area contributed by atoms with E-state index in [1.54, 1.807) is 0 Å². The molecule has 1 aromatic heterocycles. The van der Waals surface area contributed by atoms with Crippen LogP contribution < -0.4 is 57.0 Å². The van der Waals surface area contributed by atoms with Gasteiger partial charge in [0.25, 0.3) is 0 Å². The molecule has 0 saturated heterocycles. The predicted octanol–water partition coefficient (Wildman–Crippen LogP) is -2.07. The van der Waals surface area contributed by atoms with E-state index in [-0.39, 0.29) is 57.1 Å². The van der Waals surface area contributed by atoms with Crippen LogP contribution in [0.4, 0.5) is 12.9 Å². The molecular formula is C7H6BF3KNO2. The van der Waals surface area contributed by atoms with Crippen LogP contribution in [0.3, 0.4) is 0 Å². The molecule has 0 amide bonds. The quantitative estimate of drug-likeness (QED) is 0.442. The van der Waals surface area contributed by atoms with Gasteiger partial charge in [-0.25, -0.2) is 4.79 Å². The minimum Gasteiger partial charge on any atom is -0.464 e. The van der Waals surface area contributed by atoms with Crippen molar-refractivity contribution in [3.8, 4) is 0 Å². The first-order valence-electron chi connectivity index (χ1n) is 3.70. The fourth-order valence-electron chi connectivity index (χ4n) is 0.852. The minimum atomic E-state index is -5.18. The topological polar surface area (TPSA) is 39.2 Å². The van der Waals surface area contributed by atoms with Crippen LogP contribution >= 0.6 is 0 Å². The van der Waals surface area contributed by atoms with Gasteiger partial charge in [0.15, 0.2) is 0 Å². The van der Waals surface area contributed by atoms with Gasteiger partial charge in [0.05, 0.1) is 7.11 Å². The van der Waals surface area contributed by atoms with Gasteiger partial charge in [0.2, 0.25) is 0 Å². The van der Waals surface area contributed by atoms with Crippen molar-refractivity contribution in [1.82, 2.24) is 4.98 Å². The van der Waals surface area contributed by atoms with Crippen molar-refractivity contribution in [2.75, 3.05) is 7.11 Å². The largest absolute Gasteiger partial charge is 1.00 e. The molecule has 0 aromatic carbocycles. The Kier molecular flexibility index (Phi) is 6.04. The Hall–Kier alpha value is 0.111. The molecule has 0 aliphatic carbocycles. The molecule has 0 aliphatic heterocycles. The summed E-state index contributed by atoms with van der Waals surface area (Å²) in [5.41, 5.74) is -1.39. The molecule has 1 heterocycles. The second kappa shape index (κ2) is 6.00. The van der Waals surface area contributed by atoms with E-state index in [2.05, 4.69) is 9.72 Å². The molecule has 0 spiro atoms. The number of hydrogen-bond donors (Lipinski definition) is 0. The van der Waals surface area contributed by atoms with Crippen LogP contribution in [0.1, 0.15) is 10.5 Å². The van der Waals surface area contributed by atoms with E-state index in [1.165, 1.54) is 0 Å². The SMILES string of the molecule is COC(=O)c1cccc([B-](F)(F)F)n1.[K+]. The maximum atomic E-state index is 12.2. The van der Waals surface area contributed by atoms with E-state index in [9.17, 15) is 17.7 Å². The number of ether oxygens (including phenoxy) is 1. The van der Waals surface area contributed by atoms with Gasteiger partial charge in [0, 0.05) is 0 Å². The first-order chi connectivity index (χ1) is 6.45. The number of carbonyl (C=O) groups excluding carboxylic acids is 1. The van der Waals surface area contributed by atoms with Crippen LogP contribution in [-0.4, -0.2) is 25.0 Å². The summed E-state index contributed by atoms with van der Waals surface area (Å²) in [6.45, 7) is -5.18. The molecule has 0 atom stereocenters. The molecular weight excluding hydrogens is 237 g/mol. The first kappa shape index (κ1) is 15.1. The van der Waals surface area contributed by atoms with Gasteiger partial charge in [-0.2, -0.15) is 0 Å². The van der Waals surface area contributed by atoms with E-state index in [0.717, 1.165) is 25.3 Å². The standard InChI is InChI=1S/C7H6BF3NO2.K/c1-14-7(13)5-3-2-4-6(12-5)8(9,10)11;/h2-4H,1H3;/q-1;+1. The van der Waals surface area contributed by atoms with E-state index in [0.29, 0.717) is 0 Å². The number of rotatable bonds is 2. The maximum Gasteiger partial charge on any atom is 1.00 e. The summed E-state index contributed by atoms with van der Waals surface area (Å²) in [5, 5.41) is 0. The molecule has 8 heteroatoms. The maximum absolute atomic E-state index is 12.2. The molecule has 3 nitrogen and oxygen atoms in total. The summed E-state index contributed by atoms with van der Waals surface area (Å²) in [4.78, 5) is 14.0. The summed E-state index contributed by atoms with van der Waals surface area (Å²) in [6.07, 6.45) is 0. The summed E-state index contributed by atoms with van der Waals surface area (Å²) < 4.78 is 40.8. The van der Waals surface area contributed by atoms with Gasteiger partial charge < -0.3 is 17.7 Å². The summed E-state index contributed by atoms with van der Waals surface area (Å²) in [5.74, 6) is -0.883. The molecule has 1 aromatic rings. The van der Waals surface area contributed by atoms with E-state index < -0.39 is 18.5 Å². The molecule has 1 rings (SSSR count). The zero-order valence-corrected chi connectivity index (χ0v) is 11.3. The number of methoxy groups -OCH3 is 1. The summed E-state index contributed by atoms with van der Waals surface area (Å²) >= 11 is 0. The first-order valence-corrected chi connectivity index (χ1v) is 3.70. The van der Waals surface area contributed by atoms with Crippen molar-refractivity contribution in [1.29, 1.82) is 0 Å². The molecule has 0 saturated carbocycles. The van der Waals surface area contributed by atoms with E-state index in [4.69, 9.17) is 0 Å². The van der Waals surface area contributed by atoms with Gasteiger partial charge >= 0.3 is 64.3 Å². The Balaban J connectivity index is 0.00000196. The van der Waals surface area contributed by atoms with E-state index in [1.807, 2.05) is 0 Å². The predicted molar refractivity (Wildman–Crippen MR) is 44.3 cm³/mol. The average Bonchev–Trinajstić information content (AvgIpc) is 2.15. The van der Waals surface area contributed by atoms with E-state index >= 15 is 0 Å². The third kappa shape index (κ3) is 4.23. The van der Waals surface area contributed by atoms with Crippen LogP contribution in [0, 0.1) is 0 Å². The van der Waals surface area contributed by atoms with Gasteiger partial charge in [-0.15, -0.1) is 0 Å². The zero-order chi connectivity index (χ0) is 10.8. The van der Waals surface area contributed by atoms with Crippen LogP contribution in [0.25, 0.3) is 0 Å². The second-order valence-corrected chi connectivity index (χ2v) is 2.51. The Bertz CT molecular complexity index is 358. The van der Waals surface area contributed by atoms with Gasteiger partial charge in [0.1, 0.15) is 5.69 Å². The third-order valence-corrected chi connectivity index (χ3v) is 1.50. The number of hydrogen-bond acceptors (Lipinski definition) is 3. The molecule has 0 N–H and O–H groups in total. The number of halogens is 3. The Labute approximate surface area is 127 Å². The second-order valence-electron chi connectivity index (χ2n) is 2.51. The summed E-state index contributed by atoms with van der Waals surface area (Å²) in [6, 6.07) is 3.09. The van der Waals surface area contributed by atoms with Gasteiger partial charge in [-0.3, -0.25) is 4.98 Å². The molecule has 0 aliphatic rings. The summed E-state index contributed by atoms with van der Waals surface area (Å²) in [7, 11) is 1.08. The van der Waals surface area contributed by atoms with Crippen molar-refractivity contribution >= 4 is 18.5 Å². The van der Waals surface area contributed by atoms with Crippen LogP contribution in [0.15, 0.2) is 18.2 Å². The molecule has 0 bridgehead atoms. The fraction of sp³-hybridized carbons (Fsp3) is 0.143. The molecule has 0 radical (unpaired) electrons. The van der Waals surface area contributed by atoms with Crippen molar-refractivity contribution < 1.29 is 73.9 Å². The number of esters is 1. The van der Waals surface area contributed by atoms with Crippen molar-refractivity contribution in [3.63, 3.8) is 0 Å². The van der Waals surface area contributed by atoms with Crippen LogP contribution in [0.5, 0.6) is 0 Å². The Morgan fingerprint density at radius 1 is 1.40 bits per heavy atom. The smallest absolute Gasteiger partial charge is 0.464 e. The van der Waals surface area contributed by atoms with Crippen molar-refractivity contribution in [2.24, 2.45) is 0 Å². The average molecular weight is 243 g/mol. The Morgan fingerprint density at radius 2 is 2.00 bits per heavy atom. The molecule has 15 heavy (non-hydrogen) atoms. The molecule has 76 valence electrons. The van der Waals surface area contributed by atoms with Gasteiger partial charge in [-0.1, -0.05) is 12.1 Å². The number of pyridine rings is 1. The number of carbonyl (C=O) groups is 1. The van der Waals surface area contributed by atoms with Crippen molar-refractivity contribution in [2.45, 2.75) is 0 Å². The molecule has 0 fully saturated rings.